The van der Waals surface area contributed by atoms with Crippen LogP contribution >= 0.6 is 0 Å². The molecule has 0 unspecified atom stereocenters. The first-order valence-electron chi connectivity index (χ1n) is 16.2. The molecule has 234 valence electrons. The maximum atomic E-state index is 14.2. The Labute approximate surface area is 256 Å². The van der Waals surface area contributed by atoms with Crippen LogP contribution in [0.2, 0.25) is 0 Å². The molecule has 0 bridgehead atoms. The highest BCUT2D eigenvalue weighted by Crippen LogP contribution is 2.52. The highest BCUT2D eigenvalue weighted by Gasteiger charge is 2.60. The Kier molecular flexibility index (Phi) is 10.3. The molecular formula is C35H48N2O6. The van der Waals surface area contributed by atoms with E-state index in [4.69, 9.17) is 14.2 Å². The third-order valence-electron chi connectivity index (χ3n) is 10.1. The molecule has 43 heavy (non-hydrogen) atoms. The molecule has 1 saturated heterocycles. The lowest BCUT2D eigenvalue weighted by molar-refractivity contribution is -0.177. The van der Waals surface area contributed by atoms with Crippen LogP contribution in [-0.4, -0.2) is 62.2 Å². The number of allylic oxidation sites excluding steroid dienone is 1. The number of nitrogens with one attached hydrogen (secondary N) is 1. The standard InChI is InChI=1S/C35H48N2O6/c1-24-35(34(40)42-3)23-28(21-32(38)36-19-17-27-15-9-10-16-29(27)41-2)33(39)37(20-18-25-11-5-4-6-12-25)31(35)22-30(43-24)26-13-7-8-14-26/h9-11,15-16,22,24,26,28,30H,4-8,12-14,17-21,23H2,1-3H3,(H,36,38)/t24-,28+,30-,35+/m1/s1. The number of carbonyl (C=O) groups is 3. The van der Waals surface area contributed by atoms with Gasteiger partial charge in [0, 0.05) is 31.1 Å². The highest BCUT2D eigenvalue weighted by molar-refractivity contribution is 5.92. The smallest absolute Gasteiger partial charge is 0.320 e. The van der Waals surface area contributed by atoms with Gasteiger partial charge in [-0.15, -0.1) is 0 Å². The number of likely N-dealkylation sites (tertiary alicyclic amines) is 1. The Morgan fingerprint density at radius 1 is 1.09 bits per heavy atom. The van der Waals surface area contributed by atoms with E-state index in [0.717, 1.165) is 49.1 Å². The van der Waals surface area contributed by atoms with Crippen molar-refractivity contribution in [2.24, 2.45) is 17.3 Å². The molecule has 1 saturated carbocycles. The van der Waals surface area contributed by atoms with Crippen molar-refractivity contribution in [1.82, 2.24) is 10.2 Å². The molecule has 0 radical (unpaired) electrons. The summed E-state index contributed by atoms with van der Waals surface area (Å²) in [6, 6.07) is 7.74. The quantitative estimate of drug-likeness (QED) is 0.269. The van der Waals surface area contributed by atoms with E-state index >= 15 is 0 Å². The summed E-state index contributed by atoms with van der Waals surface area (Å²) < 4.78 is 17.5. The maximum Gasteiger partial charge on any atom is 0.320 e. The fraction of sp³-hybridized carbons (Fsp3) is 0.629. The Hall–Kier alpha value is -3.13. The summed E-state index contributed by atoms with van der Waals surface area (Å²) in [6.45, 7) is 2.85. The third-order valence-corrected chi connectivity index (χ3v) is 10.1. The summed E-state index contributed by atoms with van der Waals surface area (Å²) >= 11 is 0. The number of hydrogen-bond acceptors (Lipinski definition) is 6. The number of ether oxygens (including phenoxy) is 3. The maximum absolute atomic E-state index is 14.2. The summed E-state index contributed by atoms with van der Waals surface area (Å²) in [7, 11) is 3.03. The lowest BCUT2D eigenvalue weighted by atomic mass is 9.66. The minimum Gasteiger partial charge on any atom is -0.496 e. The van der Waals surface area contributed by atoms with Gasteiger partial charge in [0.1, 0.15) is 11.2 Å². The van der Waals surface area contributed by atoms with Crippen LogP contribution in [0.3, 0.4) is 0 Å². The summed E-state index contributed by atoms with van der Waals surface area (Å²) in [5, 5.41) is 3.00. The molecule has 1 aromatic rings. The van der Waals surface area contributed by atoms with Gasteiger partial charge >= 0.3 is 5.97 Å². The van der Waals surface area contributed by atoms with Crippen molar-refractivity contribution in [1.29, 1.82) is 0 Å². The number of rotatable bonds is 11. The van der Waals surface area contributed by atoms with E-state index in [1.807, 2.05) is 36.1 Å². The topological polar surface area (TPSA) is 94.2 Å². The molecule has 2 heterocycles. The number of methoxy groups -OCH3 is 2. The number of benzene rings is 1. The SMILES string of the molecule is COC(=O)[C@]12C[C@H](CC(=O)NCCc3ccccc3OC)C(=O)N(CCC3=CCCCC3)C1=C[C@H](C1CCCC1)O[C@@H]2C. The number of piperidine rings is 1. The predicted molar refractivity (Wildman–Crippen MR) is 164 cm³/mol. The van der Waals surface area contributed by atoms with Crippen molar-refractivity contribution in [3.05, 3.63) is 53.3 Å². The molecule has 5 rings (SSSR count). The monoisotopic (exact) mass is 592 g/mol. The zero-order valence-corrected chi connectivity index (χ0v) is 26.1. The fourth-order valence-electron chi connectivity index (χ4n) is 7.71. The first kappa shape index (κ1) is 31.3. The van der Waals surface area contributed by atoms with Crippen molar-refractivity contribution in [3.63, 3.8) is 0 Å². The fourth-order valence-corrected chi connectivity index (χ4v) is 7.71. The van der Waals surface area contributed by atoms with E-state index in [0.29, 0.717) is 25.4 Å². The minimum atomic E-state index is -1.14. The van der Waals surface area contributed by atoms with E-state index in [-0.39, 0.29) is 30.8 Å². The number of nitrogens with zero attached hydrogens (tertiary/aromatic N) is 1. The normalized spacial score (nSPS) is 27.7. The lowest BCUT2D eigenvalue weighted by Crippen LogP contribution is -2.60. The number of esters is 1. The van der Waals surface area contributed by atoms with Crippen LogP contribution in [0.4, 0.5) is 0 Å². The van der Waals surface area contributed by atoms with Crippen LogP contribution in [0.5, 0.6) is 5.75 Å². The first-order chi connectivity index (χ1) is 20.9. The molecule has 8 nitrogen and oxygen atoms in total. The van der Waals surface area contributed by atoms with Gasteiger partial charge in [0.05, 0.1) is 26.4 Å². The molecule has 8 heteroatoms. The highest BCUT2D eigenvalue weighted by atomic mass is 16.5. The van der Waals surface area contributed by atoms with Crippen LogP contribution in [0.25, 0.3) is 0 Å². The van der Waals surface area contributed by atoms with Gasteiger partial charge in [0.15, 0.2) is 0 Å². The first-order valence-corrected chi connectivity index (χ1v) is 16.2. The molecule has 1 aromatic carbocycles. The average Bonchev–Trinajstić information content (AvgIpc) is 3.57. The molecule has 0 spiro atoms. The van der Waals surface area contributed by atoms with Crippen LogP contribution in [-0.2, 0) is 30.3 Å². The molecule has 2 aliphatic heterocycles. The van der Waals surface area contributed by atoms with E-state index in [1.54, 1.807) is 7.11 Å². The summed E-state index contributed by atoms with van der Waals surface area (Å²) in [5.41, 5.74) is 1.96. The molecule has 2 fully saturated rings. The van der Waals surface area contributed by atoms with Crippen molar-refractivity contribution in [3.8, 4) is 5.75 Å². The number of para-hydroxylation sites is 1. The van der Waals surface area contributed by atoms with Gasteiger partial charge in [0.25, 0.3) is 0 Å². The van der Waals surface area contributed by atoms with E-state index in [9.17, 15) is 14.4 Å². The van der Waals surface area contributed by atoms with Crippen LogP contribution in [0.1, 0.15) is 83.1 Å². The molecule has 2 aliphatic carbocycles. The average molecular weight is 593 g/mol. The zero-order valence-electron chi connectivity index (χ0n) is 26.1. The molecule has 4 atom stereocenters. The van der Waals surface area contributed by atoms with Crippen molar-refractivity contribution in [2.75, 3.05) is 27.3 Å². The lowest BCUT2D eigenvalue weighted by Gasteiger charge is -2.52. The van der Waals surface area contributed by atoms with Gasteiger partial charge in [-0.3, -0.25) is 14.4 Å². The summed E-state index contributed by atoms with van der Waals surface area (Å²) in [5.74, 6) is -0.172. The number of hydrogen-bond donors (Lipinski definition) is 1. The number of amides is 2. The zero-order chi connectivity index (χ0) is 30.4. The second-order valence-electron chi connectivity index (χ2n) is 12.7. The Balaban J connectivity index is 1.38. The molecule has 1 N–H and O–H groups in total. The Bertz CT molecular complexity index is 1230. The van der Waals surface area contributed by atoms with Crippen molar-refractivity contribution < 1.29 is 28.6 Å². The summed E-state index contributed by atoms with van der Waals surface area (Å²) in [4.78, 5) is 43.0. The molecule has 2 amide bonds. The van der Waals surface area contributed by atoms with Crippen molar-refractivity contribution in [2.45, 2.75) is 96.2 Å². The largest absolute Gasteiger partial charge is 0.496 e. The minimum absolute atomic E-state index is 0.00868. The van der Waals surface area contributed by atoms with Gasteiger partial charge in [-0.05, 0) is 88.3 Å². The van der Waals surface area contributed by atoms with Crippen LogP contribution in [0, 0.1) is 17.3 Å². The third kappa shape index (κ3) is 6.69. The van der Waals surface area contributed by atoms with Crippen LogP contribution in [0.15, 0.2) is 47.7 Å². The molecular weight excluding hydrogens is 544 g/mol. The van der Waals surface area contributed by atoms with E-state index in [2.05, 4.69) is 17.5 Å². The Morgan fingerprint density at radius 3 is 2.60 bits per heavy atom. The van der Waals surface area contributed by atoms with Gasteiger partial charge in [-0.1, -0.05) is 42.7 Å². The Morgan fingerprint density at radius 2 is 1.88 bits per heavy atom. The number of carbonyl (C=O) groups excluding carboxylic acids is 3. The van der Waals surface area contributed by atoms with Gasteiger partial charge in [0.2, 0.25) is 11.8 Å². The van der Waals surface area contributed by atoms with Gasteiger partial charge in [-0.25, -0.2) is 0 Å². The van der Waals surface area contributed by atoms with Crippen molar-refractivity contribution >= 4 is 17.8 Å². The second kappa shape index (κ2) is 14.1. The second-order valence-corrected chi connectivity index (χ2v) is 12.7. The summed E-state index contributed by atoms with van der Waals surface area (Å²) in [6.07, 6.45) is 14.4. The van der Waals surface area contributed by atoms with E-state index < -0.39 is 23.4 Å². The predicted octanol–water partition coefficient (Wildman–Crippen LogP) is 5.50. The van der Waals surface area contributed by atoms with Gasteiger partial charge < -0.3 is 24.4 Å². The molecule has 0 aromatic heterocycles. The van der Waals surface area contributed by atoms with E-state index in [1.165, 1.54) is 38.4 Å². The van der Waals surface area contributed by atoms with Crippen LogP contribution < -0.4 is 10.1 Å². The number of fused-ring (bicyclic) bond motifs is 1. The molecule has 4 aliphatic rings. The van der Waals surface area contributed by atoms with Gasteiger partial charge in [-0.2, -0.15) is 0 Å².